The first kappa shape index (κ1) is 14.6. The molecule has 0 saturated heterocycles. The number of hydrogen-bond donors (Lipinski definition) is 0. The van der Waals surface area contributed by atoms with Crippen molar-refractivity contribution in [3.63, 3.8) is 0 Å². The van der Waals surface area contributed by atoms with Crippen LogP contribution in [0, 0.1) is 0 Å². The van der Waals surface area contributed by atoms with E-state index < -0.39 is 11.9 Å². The van der Waals surface area contributed by atoms with E-state index in [1.807, 2.05) is 0 Å². The third kappa shape index (κ3) is 3.60. The van der Waals surface area contributed by atoms with Crippen molar-refractivity contribution in [3.05, 3.63) is 59.7 Å². The fraction of sp³-hybridized carbons (Fsp3) is 0.125. The molecule has 5 heteroatoms. The monoisotopic (exact) mass is 286 g/mol. The zero-order valence-electron chi connectivity index (χ0n) is 11.7. The molecule has 0 aliphatic rings. The fourth-order valence-electron chi connectivity index (χ4n) is 1.74. The largest absolute Gasteiger partial charge is 0.465 e. The number of ether oxygens (including phenoxy) is 3. The lowest BCUT2D eigenvalue weighted by molar-refractivity contribution is 0.0592. The molecule has 0 N–H and O–H groups in total. The molecule has 5 nitrogen and oxygen atoms in total. The van der Waals surface area contributed by atoms with Crippen LogP contribution in [-0.4, -0.2) is 26.2 Å². The summed E-state index contributed by atoms with van der Waals surface area (Å²) in [6, 6.07) is 13.2. The Morgan fingerprint density at radius 3 is 1.57 bits per heavy atom. The summed E-state index contributed by atoms with van der Waals surface area (Å²) in [6.07, 6.45) is 0. The molecule has 0 bridgehead atoms. The van der Waals surface area contributed by atoms with Gasteiger partial charge < -0.3 is 14.2 Å². The molecule has 21 heavy (non-hydrogen) atoms. The second-order valence-electron chi connectivity index (χ2n) is 4.14. The molecular weight excluding hydrogens is 272 g/mol. The molecule has 0 saturated carbocycles. The maximum absolute atomic E-state index is 11.5. The molecule has 0 aromatic heterocycles. The van der Waals surface area contributed by atoms with Crippen LogP contribution >= 0.6 is 0 Å². The molecule has 0 atom stereocenters. The highest BCUT2D eigenvalue weighted by Crippen LogP contribution is 2.23. The van der Waals surface area contributed by atoms with Gasteiger partial charge in [-0.3, -0.25) is 0 Å². The third-order valence-electron chi connectivity index (χ3n) is 2.75. The van der Waals surface area contributed by atoms with E-state index in [2.05, 4.69) is 9.47 Å². The maximum Gasteiger partial charge on any atom is 0.337 e. The van der Waals surface area contributed by atoms with Crippen LogP contribution in [0.5, 0.6) is 11.5 Å². The van der Waals surface area contributed by atoms with Crippen molar-refractivity contribution < 1.29 is 23.8 Å². The lowest BCUT2D eigenvalue weighted by atomic mass is 10.2. The lowest BCUT2D eigenvalue weighted by Crippen LogP contribution is -2.02. The van der Waals surface area contributed by atoms with E-state index in [0.717, 1.165) is 0 Å². The molecule has 0 radical (unpaired) electrons. The topological polar surface area (TPSA) is 61.8 Å². The van der Waals surface area contributed by atoms with Crippen molar-refractivity contribution >= 4 is 11.9 Å². The van der Waals surface area contributed by atoms with Gasteiger partial charge in [0, 0.05) is 0 Å². The van der Waals surface area contributed by atoms with Crippen LogP contribution in [0.4, 0.5) is 0 Å². The summed E-state index contributed by atoms with van der Waals surface area (Å²) < 4.78 is 14.9. The van der Waals surface area contributed by atoms with Crippen LogP contribution in [0.25, 0.3) is 0 Å². The van der Waals surface area contributed by atoms with Gasteiger partial charge in [0.25, 0.3) is 0 Å². The summed E-state index contributed by atoms with van der Waals surface area (Å²) in [4.78, 5) is 22.9. The SMILES string of the molecule is COC(=O)c1cccc(Oc2cccc(C(=O)OC)c2)c1. The Labute approximate surface area is 122 Å². The molecule has 2 aromatic carbocycles. The van der Waals surface area contributed by atoms with E-state index in [4.69, 9.17) is 4.74 Å². The van der Waals surface area contributed by atoms with Crippen LogP contribution in [0.2, 0.25) is 0 Å². The number of esters is 2. The van der Waals surface area contributed by atoms with Gasteiger partial charge in [0.15, 0.2) is 0 Å². The smallest absolute Gasteiger partial charge is 0.337 e. The first-order valence-corrected chi connectivity index (χ1v) is 6.18. The molecule has 108 valence electrons. The molecular formula is C16H14O5. The normalized spacial score (nSPS) is 9.81. The predicted octanol–water partition coefficient (Wildman–Crippen LogP) is 3.05. The van der Waals surface area contributed by atoms with Gasteiger partial charge in [0.05, 0.1) is 25.3 Å². The Kier molecular flexibility index (Phi) is 4.56. The molecule has 0 spiro atoms. The minimum absolute atomic E-state index is 0.388. The van der Waals surface area contributed by atoms with Crippen LogP contribution in [-0.2, 0) is 9.47 Å². The highest BCUT2D eigenvalue weighted by atomic mass is 16.5. The zero-order chi connectivity index (χ0) is 15.2. The van der Waals surface area contributed by atoms with Crippen LogP contribution in [0.15, 0.2) is 48.5 Å². The molecule has 0 aliphatic carbocycles. The van der Waals surface area contributed by atoms with E-state index in [1.165, 1.54) is 14.2 Å². The fourth-order valence-corrected chi connectivity index (χ4v) is 1.74. The van der Waals surface area contributed by atoms with E-state index >= 15 is 0 Å². The second kappa shape index (κ2) is 6.56. The number of benzene rings is 2. The van der Waals surface area contributed by atoms with Crippen molar-refractivity contribution in [1.82, 2.24) is 0 Å². The Bertz CT molecular complexity index is 606. The minimum Gasteiger partial charge on any atom is -0.465 e. The van der Waals surface area contributed by atoms with Crippen molar-refractivity contribution in [3.8, 4) is 11.5 Å². The van der Waals surface area contributed by atoms with Crippen molar-refractivity contribution in [2.45, 2.75) is 0 Å². The summed E-state index contributed by atoms with van der Waals surface area (Å²) in [6.45, 7) is 0. The summed E-state index contributed by atoms with van der Waals surface area (Å²) in [5.74, 6) is 0.0624. The molecule has 0 aliphatic heterocycles. The van der Waals surface area contributed by atoms with Crippen LogP contribution in [0.1, 0.15) is 20.7 Å². The van der Waals surface area contributed by atoms with E-state index in [0.29, 0.717) is 22.6 Å². The van der Waals surface area contributed by atoms with Gasteiger partial charge in [0.2, 0.25) is 0 Å². The third-order valence-corrected chi connectivity index (χ3v) is 2.75. The van der Waals surface area contributed by atoms with Crippen molar-refractivity contribution in [1.29, 1.82) is 0 Å². The van der Waals surface area contributed by atoms with Gasteiger partial charge in [-0.05, 0) is 36.4 Å². The van der Waals surface area contributed by atoms with Gasteiger partial charge >= 0.3 is 11.9 Å². The van der Waals surface area contributed by atoms with Crippen LogP contribution in [0.3, 0.4) is 0 Å². The number of rotatable bonds is 4. The quantitative estimate of drug-likeness (QED) is 0.808. The average Bonchev–Trinajstić information content (AvgIpc) is 2.53. The molecule has 2 aromatic rings. The molecule has 0 amide bonds. The highest BCUT2D eigenvalue weighted by molar-refractivity contribution is 5.90. The number of methoxy groups -OCH3 is 2. The second-order valence-corrected chi connectivity index (χ2v) is 4.14. The highest BCUT2D eigenvalue weighted by Gasteiger charge is 2.09. The van der Waals surface area contributed by atoms with E-state index in [1.54, 1.807) is 48.5 Å². The van der Waals surface area contributed by atoms with Crippen LogP contribution < -0.4 is 4.74 Å². The lowest BCUT2D eigenvalue weighted by Gasteiger charge is -2.08. The summed E-state index contributed by atoms with van der Waals surface area (Å²) in [5.41, 5.74) is 0.776. The van der Waals surface area contributed by atoms with E-state index in [9.17, 15) is 9.59 Å². The zero-order valence-corrected chi connectivity index (χ0v) is 11.7. The molecule has 0 heterocycles. The van der Waals surface area contributed by atoms with Gasteiger partial charge in [0.1, 0.15) is 11.5 Å². The Morgan fingerprint density at radius 1 is 0.762 bits per heavy atom. The minimum atomic E-state index is -0.441. The summed E-state index contributed by atoms with van der Waals surface area (Å²) in [5, 5.41) is 0. The number of carbonyl (C=O) groups is 2. The van der Waals surface area contributed by atoms with Crippen molar-refractivity contribution in [2.24, 2.45) is 0 Å². The summed E-state index contributed by atoms with van der Waals surface area (Å²) in [7, 11) is 2.63. The first-order chi connectivity index (χ1) is 10.1. The Morgan fingerprint density at radius 2 is 1.19 bits per heavy atom. The van der Waals surface area contributed by atoms with Gasteiger partial charge in [-0.25, -0.2) is 9.59 Å². The van der Waals surface area contributed by atoms with Gasteiger partial charge in [-0.15, -0.1) is 0 Å². The standard InChI is InChI=1S/C16H14O5/c1-19-15(17)11-5-3-7-13(9-11)21-14-8-4-6-12(10-14)16(18)20-2/h3-10H,1-2H3. The van der Waals surface area contributed by atoms with Gasteiger partial charge in [-0.2, -0.15) is 0 Å². The molecule has 0 unspecified atom stereocenters. The molecule has 2 rings (SSSR count). The maximum atomic E-state index is 11.5. The molecule has 0 fully saturated rings. The Balaban J connectivity index is 2.22. The van der Waals surface area contributed by atoms with Crippen molar-refractivity contribution in [2.75, 3.05) is 14.2 Å². The number of hydrogen-bond acceptors (Lipinski definition) is 5. The van der Waals surface area contributed by atoms with Gasteiger partial charge in [-0.1, -0.05) is 12.1 Å². The number of carbonyl (C=O) groups excluding carboxylic acids is 2. The predicted molar refractivity (Wildman–Crippen MR) is 75.6 cm³/mol. The first-order valence-electron chi connectivity index (χ1n) is 6.18. The van der Waals surface area contributed by atoms with E-state index in [-0.39, 0.29) is 0 Å². The Hall–Kier alpha value is -2.82. The average molecular weight is 286 g/mol. The summed E-state index contributed by atoms with van der Waals surface area (Å²) >= 11 is 0.